The van der Waals surface area contributed by atoms with Crippen LogP contribution in [0.4, 0.5) is 4.39 Å². The molecule has 0 aromatic heterocycles. The third-order valence-electron chi connectivity index (χ3n) is 3.09. The van der Waals surface area contributed by atoms with Gasteiger partial charge < -0.3 is 0 Å². The molecule has 2 aromatic carbocycles. The Balaban J connectivity index is 2.22. The van der Waals surface area contributed by atoms with Crippen LogP contribution in [-0.4, -0.2) is 8.42 Å². The van der Waals surface area contributed by atoms with Gasteiger partial charge in [0.2, 0.25) is 10.0 Å². The summed E-state index contributed by atoms with van der Waals surface area (Å²) in [6.07, 6.45) is 0. The summed E-state index contributed by atoms with van der Waals surface area (Å²) in [5.74, 6) is -0.428. The molecule has 6 heteroatoms. The summed E-state index contributed by atoms with van der Waals surface area (Å²) in [6.45, 7) is 1.61. The van der Waals surface area contributed by atoms with Gasteiger partial charge in [-0.1, -0.05) is 46.3 Å². The molecule has 0 aliphatic carbocycles. The zero-order valence-corrected chi connectivity index (χ0v) is 13.8. The number of rotatable bonds is 5. The van der Waals surface area contributed by atoms with E-state index in [-0.39, 0.29) is 4.90 Å². The Morgan fingerprint density at radius 2 is 1.76 bits per heavy atom. The van der Waals surface area contributed by atoms with Gasteiger partial charge >= 0.3 is 0 Å². The van der Waals surface area contributed by atoms with Gasteiger partial charge in [-0.15, -0.1) is 0 Å². The summed E-state index contributed by atoms with van der Waals surface area (Å²) in [7, 11) is -3.68. The van der Waals surface area contributed by atoms with Crippen LogP contribution in [0.2, 0.25) is 0 Å². The van der Waals surface area contributed by atoms with Gasteiger partial charge in [0.15, 0.2) is 0 Å². The molecule has 21 heavy (non-hydrogen) atoms. The second-order valence-electron chi connectivity index (χ2n) is 4.64. The third-order valence-corrected chi connectivity index (χ3v) is 5.30. The zero-order valence-electron chi connectivity index (χ0n) is 11.4. The molecule has 0 saturated heterocycles. The van der Waals surface area contributed by atoms with E-state index in [0.717, 1.165) is 5.56 Å². The van der Waals surface area contributed by atoms with Crippen LogP contribution in [0.15, 0.2) is 53.4 Å². The van der Waals surface area contributed by atoms with E-state index in [4.69, 9.17) is 0 Å². The fourth-order valence-electron chi connectivity index (χ4n) is 1.95. The second kappa shape index (κ2) is 6.68. The number of sulfonamides is 1. The number of hydrogen-bond donors (Lipinski definition) is 1. The molecule has 0 heterocycles. The monoisotopic (exact) mass is 371 g/mol. The lowest BCUT2D eigenvalue weighted by molar-refractivity contribution is 0.550. The average molecular weight is 372 g/mol. The van der Waals surface area contributed by atoms with Crippen molar-refractivity contribution in [1.29, 1.82) is 0 Å². The SMILES string of the molecule is CC(NS(=O)(=O)c1ccc(CBr)cc1)c1ccccc1F. The summed E-state index contributed by atoms with van der Waals surface area (Å²) in [5, 5.41) is 0.659. The normalized spacial score (nSPS) is 13.1. The fraction of sp³-hybridized carbons (Fsp3) is 0.200. The molecule has 112 valence electrons. The molecular formula is C15H15BrFNO2S. The Morgan fingerprint density at radius 1 is 1.14 bits per heavy atom. The topological polar surface area (TPSA) is 46.2 Å². The maximum atomic E-state index is 13.7. The molecule has 1 unspecified atom stereocenters. The van der Waals surface area contributed by atoms with Crippen molar-refractivity contribution >= 4 is 26.0 Å². The van der Waals surface area contributed by atoms with E-state index in [1.807, 2.05) is 0 Å². The van der Waals surface area contributed by atoms with Crippen LogP contribution < -0.4 is 4.72 Å². The molecule has 0 aliphatic rings. The molecule has 0 fully saturated rings. The van der Waals surface area contributed by atoms with Gasteiger partial charge in [0.1, 0.15) is 5.82 Å². The highest BCUT2D eigenvalue weighted by atomic mass is 79.9. The minimum atomic E-state index is -3.68. The fourth-order valence-corrected chi connectivity index (χ4v) is 3.54. The van der Waals surface area contributed by atoms with Gasteiger partial charge in [0.25, 0.3) is 0 Å². The van der Waals surface area contributed by atoms with Crippen molar-refractivity contribution in [2.45, 2.75) is 23.2 Å². The van der Waals surface area contributed by atoms with Gasteiger partial charge in [-0.05, 0) is 30.7 Å². The van der Waals surface area contributed by atoms with Crippen LogP contribution in [0.3, 0.4) is 0 Å². The van der Waals surface area contributed by atoms with Crippen molar-refractivity contribution in [2.24, 2.45) is 0 Å². The number of halogens is 2. The molecule has 0 bridgehead atoms. The van der Waals surface area contributed by atoms with E-state index in [9.17, 15) is 12.8 Å². The molecule has 0 aliphatic heterocycles. The summed E-state index contributed by atoms with van der Waals surface area (Å²) < 4.78 is 40.7. The highest BCUT2D eigenvalue weighted by Gasteiger charge is 2.19. The largest absolute Gasteiger partial charge is 0.241 e. The number of alkyl halides is 1. The molecule has 0 radical (unpaired) electrons. The van der Waals surface area contributed by atoms with E-state index in [1.165, 1.54) is 18.2 Å². The Morgan fingerprint density at radius 3 is 2.33 bits per heavy atom. The summed E-state index contributed by atoms with van der Waals surface area (Å²) in [4.78, 5) is 0.162. The predicted molar refractivity (Wildman–Crippen MR) is 84.2 cm³/mol. The molecule has 2 rings (SSSR count). The first-order valence-electron chi connectivity index (χ1n) is 6.35. The van der Waals surface area contributed by atoms with E-state index < -0.39 is 21.9 Å². The standard InChI is InChI=1S/C15H15BrFNO2S/c1-11(14-4-2-3-5-15(14)17)18-21(19,20)13-8-6-12(10-16)7-9-13/h2-9,11,18H,10H2,1H3. The van der Waals surface area contributed by atoms with Crippen molar-refractivity contribution in [1.82, 2.24) is 4.72 Å². The molecule has 0 spiro atoms. The lowest BCUT2D eigenvalue weighted by atomic mass is 10.1. The van der Waals surface area contributed by atoms with E-state index in [2.05, 4.69) is 20.7 Å². The van der Waals surface area contributed by atoms with Crippen LogP contribution >= 0.6 is 15.9 Å². The molecule has 0 amide bonds. The lowest BCUT2D eigenvalue weighted by Crippen LogP contribution is -2.27. The maximum Gasteiger partial charge on any atom is 0.241 e. The van der Waals surface area contributed by atoms with Crippen LogP contribution in [0.1, 0.15) is 24.1 Å². The Hall–Kier alpha value is -1.24. The lowest BCUT2D eigenvalue weighted by Gasteiger charge is -2.15. The number of benzene rings is 2. The Labute approximate surface area is 132 Å². The summed E-state index contributed by atoms with van der Waals surface area (Å²) >= 11 is 3.30. The average Bonchev–Trinajstić information content (AvgIpc) is 2.47. The van der Waals surface area contributed by atoms with Crippen LogP contribution in [0, 0.1) is 5.82 Å². The maximum absolute atomic E-state index is 13.7. The third kappa shape index (κ3) is 3.90. The first-order chi connectivity index (χ1) is 9.94. The first kappa shape index (κ1) is 16.1. The van der Waals surface area contributed by atoms with Crippen molar-refractivity contribution in [2.75, 3.05) is 0 Å². The summed E-state index contributed by atoms with van der Waals surface area (Å²) in [5.41, 5.74) is 1.30. The number of hydrogen-bond acceptors (Lipinski definition) is 2. The van der Waals surface area contributed by atoms with Crippen LogP contribution in [0.25, 0.3) is 0 Å². The smallest absolute Gasteiger partial charge is 0.207 e. The van der Waals surface area contributed by atoms with Crippen LogP contribution in [0.5, 0.6) is 0 Å². The van der Waals surface area contributed by atoms with Crippen molar-refractivity contribution < 1.29 is 12.8 Å². The summed E-state index contributed by atoms with van der Waals surface area (Å²) in [6, 6.07) is 12.0. The zero-order chi connectivity index (χ0) is 15.5. The minimum Gasteiger partial charge on any atom is -0.207 e. The van der Waals surface area contributed by atoms with Gasteiger partial charge in [0, 0.05) is 16.9 Å². The molecule has 1 N–H and O–H groups in total. The van der Waals surface area contributed by atoms with Crippen molar-refractivity contribution in [3.8, 4) is 0 Å². The predicted octanol–water partition coefficient (Wildman–Crippen LogP) is 3.76. The van der Waals surface area contributed by atoms with E-state index >= 15 is 0 Å². The first-order valence-corrected chi connectivity index (χ1v) is 8.96. The number of nitrogens with one attached hydrogen (secondary N) is 1. The van der Waals surface area contributed by atoms with Gasteiger partial charge in [-0.25, -0.2) is 17.5 Å². The molecular weight excluding hydrogens is 357 g/mol. The van der Waals surface area contributed by atoms with Gasteiger partial charge in [-0.2, -0.15) is 0 Å². The van der Waals surface area contributed by atoms with Crippen molar-refractivity contribution in [3.63, 3.8) is 0 Å². The Kier molecular flexibility index (Phi) is 5.13. The van der Waals surface area contributed by atoms with E-state index in [0.29, 0.717) is 10.9 Å². The van der Waals surface area contributed by atoms with Gasteiger partial charge in [0.05, 0.1) is 4.90 Å². The quantitative estimate of drug-likeness (QED) is 0.813. The Bertz CT molecular complexity index is 717. The van der Waals surface area contributed by atoms with Crippen molar-refractivity contribution in [3.05, 3.63) is 65.5 Å². The van der Waals surface area contributed by atoms with E-state index in [1.54, 1.807) is 37.3 Å². The molecule has 2 aromatic rings. The second-order valence-corrected chi connectivity index (χ2v) is 6.92. The highest BCUT2D eigenvalue weighted by molar-refractivity contribution is 9.08. The molecule has 3 nitrogen and oxygen atoms in total. The highest BCUT2D eigenvalue weighted by Crippen LogP contribution is 2.20. The van der Waals surface area contributed by atoms with Crippen LogP contribution in [-0.2, 0) is 15.4 Å². The van der Waals surface area contributed by atoms with Gasteiger partial charge in [-0.3, -0.25) is 0 Å². The minimum absolute atomic E-state index is 0.162. The molecule has 1 atom stereocenters. The molecule has 0 saturated carbocycles.